The van der Waals surface area contributed by atoms with Crippen LogP contribution in [0.4, 0.5) is 0 Å². The van der Waals surface area contributed by atoms with Crippen molar-refractivity contribution >= 4 is 17.9 Å². The van der Waals surface area contributed by atoms with Crippen LogP contribution in [0.2, 0.25) is 0 Å². The average Bonchev–Trinajstić information content (AvgIpc) is 2.77. The lowest BCUT2D eigenvalue weighted by atomic mass is 9.92. The molecule has 2 amide bonds. The zero-order chi connectivity index (χ0) is 22.0. The Hall–Kier alpha value is -2.92. The van der Waals surface area contributed by atoms with E-state index in [0.717, 1.165) is 30.6 Å². The van der Waals surface area contributed by atoms with Gasteiger partial charge in [-0.3, -0.25) is 14.5 Å². The van der Waals surface area contributed by atoms with Crippen molar-refractivity contribution in [1.82, 2.24) is 15.1 Å². The van der Waals surface area contributed by atoms with Crippen LogP contribution in [-0.4, -0.2) is 40.2 Å². The van der Waals surface area contributed by atoms with E-state index < -0.39 is 0 Å². The zero-order valence-electron chi connectivity index (χ0n) is 18.6. The quantitative estimate of drug-likeness (QED) is 0.803. The summed E-state index contributed by atoms with van der Waals surface area (Å²) in [6, 6.07) is 16.3. The fourth-order valence-electron chi connectivity index (χ4n) is 4.60. The number of nitrogens with zero attached hydrogens (tertiary/aromatic N) is 2. The van der Waals surface area contributed by atoms with Crippen LogP contribution >= 0.6 is 0 Å². The molecule has 0 spiro atoms. The maximum atomic E-state index is 12.9. The first-order valence-corrected chi connectivity index (χ1v) is 11.0. The summed E-state index contributed by atoms with van der Waals surface area (Å²) >= 11 is 0. The summed E-state index contributed by atoms with van der Waals surface area (Å²) < 4.78 is 0. The summed E-state index contributed by atoms with van der Waals surface area (Å²) in [7, 11) is 0. The number of fused-ring (bicyclic) bond motifs is 2. The number of hydrogen-bond acceptors (Lipinski definition) is 3. The molecule has 162 valence electrons. The first-order chi connectivity index (χ1) is 14.8. The van der Waals surface area contributed by atoms with Crippen LogP contribution in [0.3, 0.4) is 0 Å². The van der Waals surface area contributed by atoms with Crippen LogP contribution in [0.1, 0.15) is 55.5 Å². The highest BCUT2D eigenvalue weighted by Crippen LogP contribution is 2.33. The largest absolute Gasteiger partial charge is 0.354 e. The van der Waals surface area contributed by atoms with Gasteiger partial charge < -0.3 is 10.2 Å². The summed E-state index contributed by atoms with van der Waals surface area (Å²) in [6.07, 6.45) is 5.01. The Bertz CT molecular complexity index is 1010. The molecule has 0 bridgehead atoms. The van der Waals surface area contributed by atoms with Gasteiger partial charge in [0.1, 0.15) is 0 Å². The van der Waals surface area contributed by atoms with Crippen LogP contribution in [0.5, 0.6) is 0 Å². The molecule has 5 nitrogen and oxygen atoms in total. The van der Waals surface area contributed by atoms with Gasteiger partial charge in [0.05, 0.1) is 12.5 Å². The van der Waals surface area contributed by atoms with Crippen LogP contribution in [0.25, 0.3) is 6.08 Å². The second kappa shape index (κ2) is 8.67. The maximum absolute atomic E-state index is 12.9. The fraction of sp³-hybridized carbons (Fsp3) is 0.385. The molecule has 0 radical (unpaired) electrons. The van der Waals surface area contributed by atoms with Gasteiger partial charge in [-0.2, -0.15) is 0 Å². The molecule has 31 heavy (non-hydrogen) atoms. The van der Waals surface area contributed by atoms with E-state index in [0.29, 0.717) is 6.54 Å². The molecule has 2 aromatic rings. The molecule has 0 saturated carbocycles. The van der Waals surface area contributed by atoms with E-state index in [-0.39, 0.29) is 29.8 Å². The van der Waals surface area contributed by atoms with E-state index in [1.54, 1.807) is 18.0 Å². The van der Waals surface area contributed by atoms with Gasteiger partial charge >= 0.3 is 0 Å². The molecule has 2 aromatic carbocycles. The molecule has 4 rings (SSSR count). The molecule has 5 heteroatoms. The summed E-state index contributed by atoms with van der Waals surface area (Å²) in [5, 5.41) is 3.14. The number of rotatable bonds is 5. The predicted octanol–water partition coefficient (Wildman–Crippen LogP) is 3.90. The molecular formula is C26H31N3O2. The standard InChI is InChI=1S/C26H31N3O2/c1-19(30)29-15-13-21-9-6-7-11-23(21)24(29)16-25(31)27-18-26(2,3)28-14-12-20-8-4-5-10-22(20)17-28/h4-11,13,15,24H,12,14,16-18H2,1-3H3,(H,27,31)/t24-/m0/s1. The molecule has 0 fully saturated rings. The minimum Gasteiger partial charge on any atom is -0.354 e. The van der Waals surface area contributed by atoms with Crippen LogP contribution < -0.4 is 5.32 Å². The van der Waals surface area contributed by atoms with Crippen molar-refractivity contribution in [3.63, 3.8) is 0 Å². The highest BCUT2D eigenvalue weighted by molar-refractivity contribution is 5.81. The lowest BCUT2D eigenvalue weighted by Gasteiger charge is -2.42. The highest BCUT2D eigenvalue weighted by atomic mass is 16.2. The highest BCUT2D eigenvalue weighted by Gasteiger charge is 2.32. The van der Waals surface area contributed by atoms with Crippen molar-refractivity contribution in [2.24, 2.45) is 0 Å². The third-order valence-corrected chi connectivity index (χ3v) is 6.55. The number of amides is 2. The van der Waals surface area contributed by atoms with Crippen molar-refractivity contribution in [3.05, 3.63) is 77.0 Å². The van der Waals surface area contributed by atoms with Gasteiger partial charge in [0.25, 0.3) is 0 Å². The lowest BCUT2D eigenvalue weighted by molar-refractivity contribution is -0.130. The van der Waals surface area contributed by atoms with E-state index in [1.807, 2.05) is 30.3 Å². The van der Waals surface area contributed by atoms with Gasteiger partial charge in [-0.15, -0.1) is 0 Å². The Labute approximate surface area is 184 Å². The minimum atomic E-state index is -0.274. The van der Waals surface area contributed by atoms with Crippen LogP contribution in [0, 0.1) is 0 Å². The molecule has 2 aliphatic rings. The van der Waals surface area contributed by atoms with E-state index in [1.165, 1.54) is 11.1 Å². The smallest absolute Gasteiger partial charge is 0.223 e. The van der Waals surface area contributed by atoms with Crippen molar-refractivity contribution in [2.75, 3.05) is 13.1 Å². The number of benzene rings is 2. The second-order valence-electron chi connectivity index (χ2n) is 9.12. The van der Waals surface area contributed by atoms with Crippen molar-refractivity contribution in [1.29, 1.82) is 0 Å². The zero-order valence-corrected chi connectivity index (χ0v) is 18.6. The predicted molar refractivity (Wildman–Crippen MR) is 123 cm³/mol. The van der Waals surface area contributed by atoms with E-state index in [9.17, 15) is 9.59 Å². The summed E-state index contributed by atoms with van der Waals surface area (Å²) in [5.74, 6) is -0.0947. The topological polar surface area (TPSA) is 52.7 Å². The summed E-state index contributed by atoms with van der Waals surface area (Å²) in [6.45, 7) is 8.36. The monoisotopic (exact) mass is 417 g/mol. The van der Waals surface area contributed by atoms with Gasteiger partial charge in [0, 0.05) is 38.3 Å². The SMILES string of the molecule is CC(=O)N1C=Cc2ccccc2[C@@H]1CC(=O)NCC(C)(C)N1CCc2ccccc2C1. The van der Waals surface area contributed by atoms with E-state index in [2.05, 4.69) is 48.3 Å². The Morgan fingerprint density at radius 3 is 2.55 bits per heavy atom. The lowest BCUT2D eigenvalue weighted by Crippen LogP contribution is -2.53. The average molecular weight is 418 g/mol. The molecule has 0 unspecified atom stereocenters. The third-order valence-electron chi connectivity index (χ3n) is 6.55. The maximum Gasteiger partial charge on any atom is 0.223 e. The molecule has 2 heterocycles. The Morgan fingerprint density at radius 2 is 1.77 bits per heavy atom. The fourth-order valence-corrected chi connectivity index (χ4v) is 4.60. The van der Waals surface area contributed by atoms with Crippen LogP contribution in [-0.2, 0) is 22.6 Å². The Morgan fingerprint density at radius 1 is 1.06 bits per heavy atom. The Balaban J connectivity index is 1.40. The van der Waals surface area contributed by atoms with Gasteiger partial charge in [0.15, 0.2) is 0 Å². The summed E-state index contributed by atoms with van der Waals surface area (Å²) in [5.41, 5.74) is 4.71. The van der Waals surface area contributed by atoms with Crippen molar-refractivity contribution in [3.8, 4) is 0 Å². The number of carbonyl (C=O) groups excluding carboxylic acids is 2. The molecule has 1 atom stereocenters. The molecule has 2 aliphatic heterocycles. The molecular weight excluding hydrogens is 386 g/mol. The summed E-state index contributed by atoms with van der Waals surface area (Å²) in [4.78, 5) is 29.2. The third kappa shape index (κ3) is 4.57. The van der Waals surface area contributed by atoms with Crippen molar-refractivity contribution < 1.29 is 9.59 Å². The van der Waals surface area contributed by atoms with Gasteiger partial charge in [0.2, 0.25) is 11.8 Å². The molecule has 0 aromatic heterocycles. The minimum absolute atomic E-state index is 0.0353. The first kappa shape index (κ1) is 21.3. The number of nitrogens with one attached hydrogen (secondary N) is 1. The number of hydrogen-bond donors (Lipinski definition) is 1. The second-order valence-corrected chi connectivity index (χ2v) is 9.12. The Kier molecular flexibility index (Phi) is 5.96. The van der Waals surface area contributed by atoms with Gasteiger partial charge in [-0.25, -0.2) is 0 Å². The first-order valence-electron chi connectivity index (χ1n) is 11.0. The molecule has 0 aliphatic carbocycles. The number of carbonyl (C=O) groups is 2. The van der Waals surface area contributed by atoms with E-state index in [4.69, 9.17) is 0 Å². The molecule has 1 N–H and O–H groups in total. The van der Waals surface area contributed by atoms with Crippen LogP contribution in [0.15, 0.2) is 54.7 Å². The van der Waals surface area contributed by atoms with Crippen molar-refractivity contribution in [2.45, 2.75) is 51.7 Å². The van der Waals surface area contributed by atoms with E-state index >= 15 is 0 Å². The van der Waals surface area contributed by atoms with Gasteiger partial charge in [-0.1, -0.05) is 48.5 Å². The normalized spacial score (nSPS) is 18.3. The van der Waals surface area contributed by atoms with Gasteiger partial charge in [-0.05, 0) is 48.6 Å². The molecule has 0 saturated heterocycles.